The number of phosphoric ester groups is 1. The highest BCUT2D eigenvalue weighted by atomic mass is 31.2. The van der Waals surface area contributed by atoms with Gasteiger partial charge in [-0.3, -0.25) is 23.4 Å². The normalized spacial score (nSPS) is 13.7. The van der Waals surface area contributed by atoms with Gasteiger partial charge in [-0.2, -0.15) is 0 Å². The van der Waals surface area contributed by atoms with E-state index in [0.717, 1.165) is 109 Å². The van der Waals surface area contributed by atoms with Gasteiger partial charge in [-0.25, -0.2) is 4.57 Å². The molecule has 0 aliphatic carbocycles. The Bertz CT molecular complexity index is 1360. The Morgan fingerprint density at radius 1 is 0.400 bits per heavy atom. The van der Waals surface area contributed by atoms with Gasteiger partial charge in [0.2, 0.25) is 0 Å². The zero-order valence-corrected chi connectivity index (χ0v) is 45.9. The van der Waals surface area contributed by atoms with E-state index in [2.05, 4.69) is 69.4 Å². The number of ether oxygens (including phenoxy) is 3. The predicted octanol–water partition coefficient (Wildman–Crippen LogP) is 16.6. The number of carbonyl (C=O) groups excluding carboxylic acids is 3. The van der Waals surface area contributed by atoms with Gasteiger partial charge in [-0.15, -0.1) is 0 Å². The maximum atomic E-state index is 12.9. The van der Waals surface area contributed by atoms with Crippen molar-refractivity contribution in [2.24, 2.45) is 0 Å². The SMILES string of the molecule is CCCCC/C=C\C/C=C\C/C=C\CCCCCCCCC(=O)OC(COC(=O)CCCCCCC/C=C\CCCCCCCC)COP(=O)(O)OCC(CO)OC(=O)CCCCCCCCCCC. The first kappa shape index (κ1) is 67.4. The van der Waals surface area contributed by atoms with Gasteiger partial charge in [-0.1, -0.05) is 211 Å². The van der Waals surface area contributed by atoms with Crippen LogP contribution in [0.3, 0.4) is 0 Å². The van der Waals surface area contributed by atoms with Crippen molar-refractivity contribution in [2.75, 3.05) is 26.4 Å². The molecule has 3 unspecified atom stereocenters. The number of aliphatic hydroxyl groups is 1. The Morgan fingerprint density at radius 3 is 1.11 bits per heavy atom. The second-order valence-corrected chi connectivity index (χ2v) is 20.6. The standard InChI is InChI=1S/C58H105O11P/c1-4-7-10-13-16-19-21-23-25-26-27-28-30-32-34-37-40-43-46-49-58(62)69-55(51-65-56(60)47-44-41-38-36-33-31-29-24-22-20-17-14-11-8-5-2)53-67-70(63,64)66-52-54(50-59)68-57(61)48-45-42-39-35-18-15-12-9-6-3/h16,19,23-25,27-29,54-55,59H,4-15,17-18,20-22,26,30-53H2,1-3H3,(H,63,64)/b19-16-,25-23-,28-27-,29-24-. The lowest BCUT2D eigenvalue weighted by atomic mass is 10.1. The largest absolute Gasteiger partial charge is 0.472 e. The number of rotatable bonds is 53. The second-order valence-electron chi connectivity index (χ2n) is 19.1. The summed E-state index contributed by atoms with van der Waals surface area (Å²) in [5.41, 5.74) is 0. The molecular formula is C58H105O11P. The molecule has 0 saturated heterocycles. The number of allylic oxidation sites excluding steroid dienone is 8. The molecule has 0 aliphatic rings. The molecule has 408 valence electrons. The van der Waals surface area contributed by atoms with E-state index in [1.54, 1.807) is 0 Å². The number of carbonyl (C=O) groups is 3. The number of unbranched alkanes of at least 4 members (excludes halogenated alkanes) is 28. The van der Waals surface area contributed by atoms with Gasteiger partial charge in [0, 0.05) is 19.3 Å². The fraction of sp³-hybridized carbons (Fsp3) is 0.810. The van der Waals surface area contributed by atoms with Crippen molar-refractivity contribution in [3.8, 4) is 0 Å². The van der Waals surface area contributed by atoms with Gasteiger partial charge in [0.15, 0.2) is 6.10 Å². The van der Waals surface area contributed by atoms with E-state index in [0.29, 0.717) is 19.3 Å². The number of phosphoric acid groups is 1. The molecule has 70 heavy (non-hydrogen) atoms. The molecule has 0 fully saturated rings. The van der Waals surface area contributed by atoms with E-state index in [-0.39, 0.29) is 25.9 Å². The third-order valence-corrected chi connectivity index (χ3v) is 13.2. The van der Waals surface area contributed by atoms with E-state index < -0.39 is 57.8 Å². The first-order valence-electron chi connectivity index (χ1n) is 28.5. The summed E-state index contributed by atoms with van der Waals surface area (Å²) in [6.45, 7) is 4.58. The molecule has 3 atom stereocenters. The highest BCUT2D eigenvalue weighted by Gasteiger charge is 2.28. The van der Waals surface area contributed by atoms with Crippen LogP contribution in [0.4, 0.5) is 0 Å². The van der Waals surface area contributed by atoms with E-state index in [9.17, 15) is 28.9 Å². The number of aliphatic hydroxyl groups excluding tert-OH is 1. The number of hydrogen-bond acceptors (Lipinski definition) is 10. The van der Waals surface area contributed by atoms with Crippen molar-refractivity contribution in [3.63, 3.8) is 0 Å². The molecule has 0 aromatic rings. The summed E-state index contributed by atoms with van der Waals surface area (Å²) in [6, 6.07) is 0. The second kappa shape index (κ2) is 52.8. The maximum Gasteiger partial charge on any atom is 0.472 e. The van der Waals surface area contributed by atoms with Crippen LogP contribution >= 0.6 is 7.82 Å². The Morgan fingerprint density at radius 2 is 0.700 bits per heavy atom. The van der Waals surface area contributed by atoms with Crippen LogP contribution in [0.2, 0.25) is 0 Å². The van der Waals surface area contributed by atoms with E-state index in [1.165, 1.54) is 96.3 Å². The Balaban J connectivity index is 4.74. The highest BCUT2D eigenvalue weighted by molar-refractivity contribution is 7.47. The lowest BCUT2D eigenvalue weighted by molar-refractivity contribution is -0.161. The molecule has 12 heteroatoms. The van der Waals surface area contributed by atoms with Crippen LogP contribution < -0.4 is 0 Å². The van der Waals surface area contributed by atoms with Crippen molar-refractivity contribution in [2.45, 2.75) is 277 Å². The fourth-order valence-corrected chi connectivity index (χ4v) is 8.61. The average Bonchev–Trinajstić information content (AvgIpc) is 3.35. The van der Waals surface area contributed by atoms with E-state index in [1.807, 2.05) is 0 Å². The van der Waals surface area contributed by atoms with Crippen LogP contribution in [0.5, 0.6) is 0 Å². The van der Waals surface area contributed by atoms with Crippen molar-refractivity contribution in [1.82, 2.24) is 0 Å². The van der Waals surface area contributed by atoms with Gasteiger partial charge in [0.05, 0.1) is 19.8 Å². The molecule has 0 radical (unpaired) electrons. The third-order valence-electron chi connectivity index (χ3n) is 12.2. The van der Waals surface area contributed by atoms with Gasteiger partial charge < -0.3 is 24.2 Å². The zero-order chi connectivity index (χ0) is 51.3. The minimum Gasteiger partial charge on any atom is -0.462 e. The maximum absolute atomic E-state index is 12.9. The lowest BCUT2D eigenvalue weighted by Gasteiger charge is -2.21. The summed E-state index contributed by atoms with van der Waals surface area (Å²) in [7, 11) is -4.74. The topological polar surface area (TPSA) is 155 Å². The Hall–Kier alpha value is -2.56. The molecule has 11 nitrogen and oxygen atoms in total. The van der Waals surface area contributed by atoms with Crippen LogP contribution in [-0.4, -0.2) is 66.5 Å². The number of esters is 3. The van der Waals surface area contributed by atoms with Gasteiger partial charge in [0.1, 0.15) is 12.7 Å². The quantitative estimate of drug-likeness (QED) is 0.0197. The molecule has 2 N–H and O–H groups in total. The Kier molecular flexibility index (Phi) is 50.8. The van der Waals surface area contributed by atoms with Gasteiger partial charge in [-0.05, 0) is 83.5 Å². The molecule has 0 amide bonds. The van der Waals surface area contributed by atoms with Crippen LogP contribution in [0.1, 0.15) is 265 Å². The van der Waals surface area contributed by atoms with Crippen molar-refractivity contribution >= 4 is 25.7 Å². The smallest absolute Gasteiger partial charge is 0.462 e. The Labute approximate surface area is 428 Å². The minimum absolute atomic E-state index is 0.153. The molecule has 0 heterocycles. The fourth-order valence-electron chi connectivity index (χ4n) is 7.83. The summed E-state index contributed by atoms with van der Waals surface area (Å²) in [4.78, 5) is 48.4. The monoisotopic (exact) mass is 1010 g/mol. The lowest BCUT2D eigenvalue weighted by Crippen LogP contribution is -2.30. The average molecular weight is 1010 g/mol. The molecule has 0 bridgehead atoms. The summed E-state index contributed by atoms with van der Waals surface area (Å²) in [5, 5.41) is 9.77. The molecule has 0 saturated carbocycles. The molecular weight excluding hydrogens is 904 g/mol. The van der Waals surface area contributed by atoms with E-state index in [4.69, 9.17) is 23.3 Å². The summed E-state index contributed by atoms with van der Waals surface area (Å²) in [6.07, 6.45) is 55.0. The van der Waals surface area contributed by atoms with Crippen LogP contribution in [0.15, 0.2) is 48.6 Å². The third kappa shape index (κ3) is 50.4. The van der Waals surface area contributed by atoms with Crippen molar-refractivity contribution < 1.29 is 52.2 Å². The van der Waals surface area contributed by atoms with Crippen molar-refractivity contribution in [1.29, 1.82) is 0 Å². The van der Waals surface area contributed by atoms with Crippen molar-refractivity contribution in [3.05, 3.63) is 48.6 Å². The van der Waals surface area contributed by atoms with E-state index >= 15 is 0 Å². The summed E-state index contributed by atoms with van der Waals surface area (Å²) >= 11 is 0. The predicted molar refractivity (Wildman–Crippen MR) is 289 cm³/mol. The van der Waals surface area contributed by atoms with Crippen LogP contribution in [0.25, 0.3) is 0 Å². The highest BCUT2D eigenvalue weighted by Crippen LogP contribution is 2.43. The molecule has 0 spiro atoms. The van der Waals surface area contributed by atoms with Gasteiger partial charge in [0.25, 0.3) is 0 Å². The first-order valence-corrected chi connectivity index (χ1v) is 30.0. The van der Waals surface area contributed by atoms with Gasteiger partial charge >= 0.3 is 25.7 Å². The molecule has 0 aliphatic heterocycles. The molecule has 0 aromatic heterocycles. The first-order chi connectivity index (χ1) is 34.2. The molecule has 0 rings (SSSR count). The number of hydrogen-bond donors (Lipinski definition) is 2. The summed E-state index contributed by atoms with van der Waals surface area (Å²) in [5.74, 6) is -1.48. The summed E-state index contributed by atoms with van der Waals surface area (Å²) < 4.78 is 39.4. The minimum atomic E-state index is -4.74. The van der Waals surface area contributed by atoms with Crippen LogP contribution in [-0.2, 0) is 42.2 Å². The zero-order valence-electron chi connectivity index (χ0n) is 45.0. The molecule has 0 aromatic carbocycles. The van der Waals surface area contributed by atoms with Crippen LogP contribution in [0, 0.1) is 0 Å².